The Morgan fingerprint density at radius 3 is 2.85 bits per heavy atom. The van der Waals surface area contributed by atoms with Gasteiger partial charge in [0.1, 0.15) is 0 Å². The molecule has 1 heterocycles. The SMILES string of the molecule is CC(C)NCCCC(=O)Nc1cccc2cccnc12. The summed E-state index contributed by atoms with van der Waals surface area (Å²) in [5.41, 5.74) is 1.62. The maximum atomic E-state index is 11.9. The van der Waals surface area contributed by atoms with Crippen molar-refractivity contribution in [3.05, 3.63) is 36.5 Å². The van der Waals surface area contributed by atoms with Gasteiger partial charge < -0.3 is 10.6 Å². The molecule has 2 aromatic rings. The summed E-state index contributed by atoms with van der Waals surface area (Å²) >= 11 is 0. The monoisotopic (exact) mass is 271 g/mol. The van der Waals surface area contributed by atoms with Crippen LogP contribution in [0.5, 0.6) is 0 Å². The van der Waals surface area contributed by atoms with Crippen LogP contribution in [0, 0.1) is 0 Å². The van der Waals surface area contributed by atoms with Gasteiger partial charge in [-0.2, -0.15) is 0 Å². The molecule has 0 atom stereocenters. The van der Waals surface area contributed by atoms with Crippen molar-refractivity contribution in [1.82, 2.24) is 10.3 Å². The van der Waals surface area contributed by atoms with Gasteiger partial charge in [-0.25, -0.2) is 0 Å². The van der Waals surface area contributed by atoms with Crippen LogP contribution in [0.25, 0.3) is 10.9 Å². The van der Waals surface area contributed by atoms with Crippen LogP contribution in [-0.2, 0) is 4.79 Å². The summed E-state index contributed by atoms with van der Waals surface area (Å²) in [7, 11) is 0. The number of fused-ring (bicyclic) bond motifs is 1. The molecule has 0 saturated carbocycles. The minimum absolute atomic E-state index is 0.0358. The fraction of sp³-hybridized carbons (Fsp3) is 0.375. The van der Waals surface area contributed by atoms with Gasteiger partial charge in [-0.15, -0.1) is 0 Å². The van der Waals surface area contributed by atoms with Crippen LogP contribution < -0.4 is 10.6 Å². The third kappa shape index (κ3) is 4.03. The Labute approximate surface area is 119 Å². The predicted octanol–water partition coefficient (Wildman–Crippen LogP) is 2.95. The summed E-state index contributed by atoms with van der Waals surface area (Å²) in [5, 5.41) is 7.28. The lowest BCUT2D eigenvalue weighted by Gasteiger charge is -2.09. The molecular formula is C16H21N3O. The lowest BCUT2D eigenvalue weighted by molar-refractivity contribution is -0.116. The van der Waals surface area contributed by atoms with Crippen molar-refractivity contribution in [2.24, 2.45) is 0 Å². The predicted molar refractivity (Wildman–Crippen MR) is 82.7 cm³/mol. The molecule has 0 aliphatic carbocycles. The molecule has 0 aliphatic heterocycles. The molecule has 2 rings (SSSR count). The first-order valence-electron chi connectivity index (χ1n) is 7.04. The zero-order chi connectivity index (χ0) is 14.4. The molecule has 1 amide bonds. The molecular weight excluding hydrogens is 250 g/mol. The van der Waals surface area contributed by atoms with E-state index in [4.69, 9.17) is 0 Å². The van der Waals surface area contributed by atoms with Crippen LogP contribution in [0.4, 0.5) is 5.69 Å². The molecule has 2 N–H and O–H groups in total. The molecule has 106 valence electrons. The molecule has 0 bridgehead atoms. The quantitative estimate of drug-likeness (QED) is 0.794. The zero-order valence-electron chi connectivity index (χ0n) is 12.0. The Bertz CT molecular complexity index is 575. The average molecular weight is 271 g/mol. The van der Waals surface area contributed by atoms with Crippen LogP contribution in [0.2, 0.25) is 0 Å². The second-order valence-corrected chi connectivity index (χ2v) is 5.14. The van der Waals surface area contributed by atoms with Crippen LogP contribution in [0.3, 0.4) is 0 Å². The third-order valence-electron chi connectivity index (χ3n) is 3.04. The van der Waals surface area contributed by atoms with Gasteiger partial charge in [0, 0.05) is 24.0 Å². The highest BCUT2D eigenvalue weighted by molar-refractivity contribution is 6.00. The van der Waals surface area contributed by atoms with Crippen LogP contribution in [0.1, 0.15) is 26.7 Å². The molecule has 4 nitrogen and oxygen atoms in total. The maximum Gasteiger partial charge on any atom is 0.224 e. The largest absolute Gasteiger partial charge is 0.324 e. The molecule has 0 radical (unpaired) electrons. The van der Waals surface area contributed by atoms with Gasteiger partial charge >= 0.3 is 0 Å². The number of pyridine rings is 1. The number of carbonyl (C=O) groups excluding carboxylic acids is 1. The van der Waals surface area contributed by atoms with E-state index in [1.54, 1.807) is 6.20 Å². The van der Waals surface area contributed by atoms with E-state index in [0.717, 1.165) is 29.6 Å². The van der Waals surface area contributed by atoms with Gasteiger partial charge in [0.05, 0.1) is 11.2 Å². The number of hydrogen-bond donors (Lipinski definition) is 2. The maximum absolute atomic E-state index is 11.9. The van der Waals surface area contributed by atoms with Crippen molar-refractivity contribution in [1.29, 1.82) is 0 Å². The zero-order valence-corrected chi connectivity index (χ0v) is 12.0. The minimum Gasteiger partial charge on any atom is -0.324 e. The van der Waals surface area contributed by atoms with Gasteiger partial charge in [-0.05, 0) is 25.1 Å². The molecule has 20 heavy (non-hydrogen) atoms. The van der Waals surface area contributed by atoms with Gasteiger partial charge in [0.25, 0.3) is 0 Å². The first-order chi connectivity index (χ1) is 9.66. The van der Waals surface area contributed by atoms with Crippen molar-refractivity contribution < 1.29 is 4.79 Å². The normalized spacial score (nSPS) is 10.9. The van der Waals surface area contributed by atoms with Crippen LogP contribution >= 0.6 is 0 Å². The summed E-state index contributed by atoms with van der Waals surface area (Å²) < 4.78 is 0. The first-order valence-corrected chi connectivity index (χ1v) is 7.04. The van der Waals surface area contributed by atoms with Crippen molar-refractivity contribution >= 4 is 22.5 Å². The number of para-hydroxylation sites is 1. The molecule has 0 fully saturated rings. The number of nitrogens with zero attached hydrogens (tertiary/aromatic N) is 1. The van der Waals surface area contributed by atoms with Crippen LogP contribution in [0.15, 0.2) is 36.5 Å². The van der Waals surface area contributed by atoms with Crippen molar-refractivity contribution in [2.75, 3.05) is 11.9 Å². The second-order valence-electron chi connectivity index (χ2n) is 5.14. The summed E-state index contributed by atoms with van der Waals surface area (Å²) in [5.74, 6) is 0.0358. The molecule has 0 saturated heterocycles. The molecule has 1 aromatic carbocycles. The Hall–Kier alpha value is -1.94. The van der Waals surface area contributed by atoms with Gasteiger partial charge in [-0.3, -0.25) is 9.78 Å². The fourth-order valence-electron chi connectivity index (χ4n) is 2.06. The Morgan fingerprint density at radius 2 is 2.05 bits per heavy atom. The molecule has 4 heteroatoms. The van der Waals surface area contributed by atoms with E-state index in [-0.39, 0.29) is 5.91 Å². The molecule has 0 aliphatic rings. The topological polar surface area (TPSA) is 54.0 Å². The minimum atomic E-state index is 0.0358. The number of hydrogen-bond acceptors (Lipinski definition) is 3. The number of benzene rings is 1. The lowest BCUT2D eigenvalue weighted by atomic mass is 10.2. The Balaban J connectivity index is 1.93. The standard InChI is InChI=1S/C16H21N3O/c1-12(2)17-10-5-9-15(20)19-14-8-3-6-13-7-4-11-18-16(13)14/h3-4,6-8,11-12,17H,5,9-10H2,1-2H3,(H,19,20). The number of aromatic nitrogens is 1. The third-order valence-corrected chi connectivity index (χ3v) is 3.04. The summed E-state index contributed by atoms with van der Waals surface area (Å²) in [6, 6.07) is 10.2. The number of anilines is 1. The average Bonchev–Trinajstić information content (AvgIpc) is 2.44. The summed E-state index contributed by atoms with van der Waals surface area (Å²) in [6.45, 7) is 5.06. The number of rotatable bonds is 6. The smallest absolute Gasteiger partial charge is 0.224 e. The van der Waals surface area contributed by atoms with Gasteiger partial charge in [-0.1, -0.05) is 32.0 Å². The highest BCUT2D eigenvalue weighted by Gasteiger charge is 2.06. The van der Waals surface area contributed by atoms with E-state index in [9.17, 15) is 4.79 Å². The van der Waals surface area contributed by atoms with E-state index < -0.39 is 0 Å². The van der Waals surface area contributed by atoms with Crippen LogP contribution in [-0.4, -0.2) is 23.5 Å². The molecule has 0 unspecified atom stereocenters. The fourth-order valence-corrected chi connectivity index (χ4v) is 2.06. The van der Waals surface area contributed by atoms with E-state index in [2.05, 4.69) is 29.5 Å². The van der Waals surface area contributed by atoms with Gasteiger partial charge in [0.15, 0.2) is 0 Å². The van der Waals surface area contributed by atoms with Gasteiger partial charge in [0.2, 0.25) is 5.91 Å². The highest BCUT2D eigenvalue weighted by Crippen LogP contribution is 2.20. The Morgan fingerprint density at radius 1 is 1.25 bits per heavy atom. The van der Waals surface area contributed by atoms with Crippen molar-refractivity contribution in [2.45, 2.75) is 32.7 Å². The number of nitrogens with one attached hydrogen (secondary N) is 2. The first kappa shape index (κ1) is 14.5. The molecule has 0 spiro atoms. The second kappa shape index (κ2) is 7.01. The van der Waals surface area contributed by atoms with Crippen molar-refractivity contribution in [3.63, 3.8) is 0 Å². The van der Waals surface area contributed by atoms with E-state index in [0.29, 0.717) is 12.5 Å². The van der Waals surface area contributed by atoms with E-state index >= 15 is 0 Å². The summed E-state index contributed by atoms with van der Waals surface area (Å²) in [6.07, 6.45) is 3.09. The lowest BCUT2D eigenvalue weighted by Crippen LogP contribution is -2.24. The van der Waals surface area contributed by atoms with E-state index in [1.807, 2.05) is 30.3 Å². The molecule has 1 aromatic heterocycles. The Kier molecular flexibility index (Phi) is 5.07. The van der Waals surface area contributed by atoms with Crippen molar-refractivity contribution in [3.8, 4) is 0 Å². The highest BCUT2D eigenvalue weighted by atomic mass is 16.1. The summed E-state index contributed by atoms with van der Waals surface area (Å²) in [4.78, 5) is 16.3. The number of amides is 1. The van der Waals surface area contributed by atoms with E-state index in [1.165, 1.54) is 0 Å². The number of carbonyl (C=O) groups is 1.